The Morgan fingerprint density at radius 1 is 1.30 bits per heavy atom. The van der Waals surface area contributed by atoms with Gasteiger partial charge < -0.3 is 19.9 Å². The predicted octanol–water partition coefficient (Wildman–Crippen LogP) is 3.05. The van der Waals surface area contributed by atoms with Gasteiger partial charge in [0.2, 0.25) is 0 Å². The molecule has 0 aliphatic heterocycles. The number of hydrogen-bond acceptors (Lipinski definition) is 4. The zero-order valence-electron chi connectivity index (χ0n) is 11.5. The molecule has 0 saturated heterocycles. The molecule has 1 heterocycles. The number of aryl methyl sites for hydroxylation is 1. The number of nitrogens with one attached hydrogen (secondary N) is 1. The SMILES string of the molecule is Cc1ccc(C(C)(O)CNCc2cccc(Br)c2O)o1. The van der Waals surface area contributed by atoms with Gasteiger partial charge in [-0.05, 0) is 48.0 Å². The van der Waals surface area contributed by atoms with Crippen LogP contribution in [0.5, 0.6) is 5.75 Å². The monoisotopic (exact) mass is 339 g/mol. The summed E-state index contributed by atoms with van der Waals surface area (Å²) in [5, 5.41) is 23.4. The topological polar surface area (TPSA) is 65.6 Å². The number of hydrogen-bond donors (Lipinski definition) is 3. The van der Waals surface area contributed by atoms with Gasteiger partial charge >= 0.3 is 0 Å². The minimum absolute atomic E-state index is 0.216. The third kappa shape index (κ3) is 3.42. The summed E-state index contributed by atoms with van der Waals surface area (Å²) < 4.78 is 6.10. The Balaban J connectivity index is 1.97. The fraction of sp³-hybridized carbons (Fsp3) is 0.333. The van der Waals surface area contributed by atoms with Crippen LogP contribution in [0.25, 0.3) is 0 Å². The number of furan rings is 1. The smallest absolute Gasteiger partial charge is 0.136 e. The highest BCUT2D eigenvalue weighted by Gasteiger charge is 2.26. The van der Waals surface area contributed by atoms with Crippen LogP contribution in [0.15, 0.2) is 39.2 Å². The molecule has 0 spiro atoms. The van der Waals surface area contributed by atoms with E-state index in [1.54, 1.807) is 19.1 Å². The normalized spacial score (nSPS) is 14.2. The van der Waals surface area contributed by atoms with Crippen molar-refractivity contribution in [2.75, 3.05) is 6.54 Å². The molecule has 2 rings (SSSR count). The summed E-state index contributed by atoms with van der Waals surface area (Å²) >= 11 is 3.27. The predicted molar refractivity (Wildman–Crippen MR) is 80.5 cm³/mol. The average molecular weight is 340 g/mol. The van der Waals surface area contributed by atoms with E-state index in [1.807, 2.05) is 25.1 Å². The summed E-state index contributed by atoms with van der Waals surface area (Å²) in [5.74, 6) is 1.51. The Bertz CT molecular complexity index is 593. The van der Waals surface area contributed by atoms with Crippen molar-refractivity contribution >= 4 is 15.9 Å². The molecule has 3 N–H and O–H groups in total. The van der Waals surface area contributed by atoms with E-state index in [0.717, 1.165) is 11.3 Å². The molecule has 0 amide bonds. The maximum Gasteiger partial charge on any atom is 0.136 e. The molecule has 1 atom stereocenters. The average Bonchev–Trinajstić information content (AvgIpc) is 2.82. The lowest BCUT2D eigenvalue weighted by atomic mass is 10.0. The van der Waals surface area contributed by atoms with Crippen molar-refractivity contribution in [3.63, 3.8) is 0 Å². The second-order valence-electron chi connectivity index (χ2n) is 5.04. The molecule has 0 aliphatic carbocycles. The third-order valence-corrected chi connectivity index (χ3v) is 3.77. The molecule has 0 aliphatic rings. The minimum Gasteiger partial charge on any atom is -0.506 e. The van der Waals surface area contributed by atoms with Gasteiger partial charge in [0.15, 0.2) is 0 Å². The maximum absolute atomic E-state index is 10.4. The van der Waals surface area contributed by atoms with Gasteiger partial charge in [-0.3, -0.25) is 0 Å². The van der Waals surface area contributed by atoms with Crippen molar-refractivity contribution in [1.82, 2.24) is 5.32 Å². The van der Waals surface area contributed by atoms with E-state index in [4.69, 9.17) is 4.42 Å². The number of aromatic hydroxyl groups is 1. The molecule has 4 nitrogen and oxygen atoms in total. The number of aliphatic hydroxyl groups is 1. The van der Waals surface area contributed by atoms with Gasteiger partial charge in [0.05, 0.1) is 4.47 Å². The van der Waals surface area contributed by atoms with E-state index < -0.39 is 5.60 Å². The van der Waals surface area contributed by atoms with E-state index in [0.29, 0.717) is 23.3 Å². The Kier molecular flexibility index (Phi) is 4.52. The highest BCUT2D eigenvalue weighted by atomic mass is 79.9. The molecule has 0 saturated carbocycles. The largest absolute Gasteiger partial charge is 0.506 e. The number of rotatable bonds is 5. The lowest BCUT2D eigenvalue weighted by Crippen LogP contribution is -2.34. The van der Waals surface area contributed by atoms with Gasteiger partial charge in [-0.2, -0.15) is 0 Å². The van der Waals surface area contributed by atoms with Crippen LogP contribution in [-0.2, 0) is 12.1 Å². The first kappa shape index (κ1) is 15.1. The Labute approximate surface area is 126 Å². The lowest BCUT2D eigenvalue weighted by Gasteiger charge is -2.21. The van der Waals surface area contributed by atoms with Crippen molar-refractivity contribution in [3.8, 4) is 5.75 Å². The summed E-state index contributed by atoms with van der Waals surface area (Å²) in [4.78, 5) is 0. The molecule has 1 aromatic heterocycles. The number of para-hydroxylation sites is 1. The molecule has 108 valence electrons. The number of phenols is 1. The fourth-order valence-electron chi connectivity index (χ4n) is 1.95. The first-order valence-corrected chi connectivity index (χ1v) is 7.16. The van der Waals surface area contributed by atoms with Crippen molar-refractivity contribution in [1.29, 1.82) is 0 Å². The van der Waals surface area contributed by atoms with E-state index in [9.17, 15) is 10.2 Å². The van der Waals surface area contributed by atoms with Crippen LogP contribution in [0.1, 0.15) is 24.0 Å². The van der Waals surface area contributed by atoms with Gasteiger partial charge in [0.1, 0.15) is 22.9 Å². The van der Waals surface area contributed by atoms with E-state index >= 15 is 0 Å². The summed E-state index contributed by atoms with van der Waals surface area (Å²) in [5.41, 5.74) is -0.318. The second-order valence-corrected chi connectivity index (χ2v) is 5.89. The summed E-state index contributed by atoms with van der Waals surface area (Å²) in [6, 6.07) is 9.06. The number of benzene rings is 1. The molecular formula is C15H18BrNO3. The molecule has 0 bridgehead atoms. The molecule has 0 radical (unpaired) electrons. The fourth-order valence-corrected chi connectivity index (χ4v) is 2.36. The quantitative estimate of drug-likeness (QED) is 0.783. The third-order valence-electron chi connectivity index (χ3n) is 3.13. The van der Waals surface area contributed by atoms with Gasteiger partial charge in [-0.1, -0.05) is 12.1 Å². The minimum atomic E-state index is -1.09. The molecule has 0 fully saturated rings. The summed E-state index contributed by atoms with van der Waals surface area (Å²) in [6.45, 7) is 4.32. The summed E-state index contributed by atoms with van der Waals surface area (Å²) in [6.07, 6.45) is 0. The van der Waals surface area contributed by atoms with E-state index in [2.05, 4.69) is 21.2 Å². The van der Waals surface area contributed by atoms with Crippen molar-refractivity contribution < 1.29 is 14.6 Å². The van der Waals surface area contributed by atoms with Crippen LogP contribution < -0.4 is 5.32 Å². The number of halogens is 1. The van der Waals surface area contributed by atoms with Crippen LogP contribution in [0.2, 0.25) is 0 Å². The highest BCUT2D eigenvalue weighted by Crippen LogP contribution is 2.27. The molecule has 1 unspecified atom stereocenters. The summed E-state index contributed by atoms with van der Waals surface area (Å²) in [7, 11) is 0. The lowest BCUT2D eigenvalue weighted by molar-refractivity contribution is 0.0332. The second kappa shape index (κ2) is 5.99. The molecular weight excluding hydrogens is 322 g/mol. The van der Waals surface area contributed by atoms with Crippen molar-refractivity contribution in [2.45, 2.75) is 26.0 Å². The van der Waals surface area contributed by atoms with Gasteiger partial charge in [0.25, 0.3) is 0 Å². The molecule has 2 aromatic rings. The van der Waals surface area contributed by atoms with Gasteiger partial charge in [0, 0.05) is 18.7 Å². The Morgan fingerprint density at radius 2 is 2.05 bits per heavy atom. The van der Waals surface area contributed by atoms with Crippen LogP contribution >= 0.6 is 15.9 Å². The zero-order chi connectivity index (χ0) is 14.8. The zero-order valence-corrected chi connectivity index (χ0v) is 13.1. The molecule has 20 heavy (non-hydrogen) atoms. The Hall–Kier alpha value is -1.30. The first-order valence-electron chi connectivity index (χ1n) is 6.36. The van der Waals surface area contributed by atoms with Crippen LogP contribution in [-0.4, -0.2) is 16.8 Å². The van der Waals surface area contributed by atoms with Crippen molar-refractivity contribution in [3.05, 3.63) is 51.9 Å². The Morgan fingerprint density at radius 3 is 2.70 bits per heavy atom. The maximum atomic E-state index is 10.4. The van der Waals surface area contributed by atoms with E-state index in [1.165, 1.54) is 0 Å². The van der Waals surface area contributed by atoms with Gasteiger partial charge in [-0.15, -0.1) is 0 Å². The molecule has 5 heteroatoms. The van der Waals surface area contributed by atoms with Crippen LogP contribution in [0.4, 0.5) is 0 Å². The molecule has 1 aromatic carbocycles. The van der Waals surface area contributed by atoms with Crippen LogP contribution in [0.3, 0.4) is 0 Å². The number of phenolic OH excluding ortho intramolecular Hbond substituents is 1. The standard InChI is InChI=1S/C15H18BrNO3/c1-10-6-7-13(20-10)15(2,19)9-17-8-11-4-3-5-12(16)14(11)18/h3-7,17-19H,8-9H2,1-2H3. The van der Waals surface area contributed by atoms with Crippen molar-refractivity contribution in [2.24, 2.45) is 0 Å². The van der Waals surface area contributed by atoms with E-state index in [-0.39, 0.29) is 5.75 Å². The first-order chi connectivity index (χ1) is 9.40. The van der Waals surface area contributed by atoms with Gasteiger partial charge in [-0.25, -0.2) is 0 Å². The highest BCUT2D eigenvalue weighted by molar-refractivity contribution is 9.10. The van der Waals surface area contributed by atoms with Crippen LogP contribution in [0, 0.1) is 6.92 Å².